The number of hydrogen-bond donors (Lipinski definition) is 1. The Labute approximate surface area is 241 Å². The van der Waals surface area contributed by atoms with Crippen molar-refractivity contribution in [1.29, 1.82) is 0 Å². The molecule has 2 aromatic heterocycles. The molecule has 6 rings (SSSR count). The van der Waals surface area contributed by atoms with Gasteiger partial charge in [0.1, 0.15) is 0 Å². The third kappa shape index (κ3) is 5.15. The molecule has 4 heterocycles. The number of aryl methyl sites for hydroxylation is 2. The van der Waals surface area contributed by atoms with Gasteiger partial charge in [-0.3, -0.25) is 24.0 Å². The lowest BCUT2D eigenvalue weighted by atomic mass is 10.0. The van der Waals surface area contributed by atoms with Gasteiger partial charge in [0.2, 0.25) is 0 Å². The number of aromatic nitrogens is 2. The van der Waals surface area contributed by atoms with E-state index in [1.165, 1.54) is 23.5 Å². The highest BCUT2D eigenvalue weighted by Gasteiger charge is 2.37. The minimum atomic E-state index is -4.54. The van der Waals surface area contributed by atoms with Crippen LogP contribution in [0.1, 0.15) is 52.8 Å². The zero-order valence-corrected chi connectivity index (χ0v) is 22.9. The third-order valence-electron chi connectivity index (χ3n) is 7.21. The Balaban J connectivity index is 1.30. The summed E-state index contributed by atoms with van der Waals surface area (Å²) in [6.45, 7) is 0.488. The van der Waals surface area contributed by atoms with E-state index in [2.05, 4.69) is 10.4 Å². The maximum absolute atomic E-state index is 13.5. The number of halogens is 4. The van der Waals surface area contributed by atoms with Gasteiger partial charge in [0.15, 0.2) is 0 Å². The van der Waals surface area contributed by atoms with Crippen molar-refractivity contribution >= 4 is 40.7 Å². The van der Waals surface area contributed by atoms with E-state index in [-0.39, 0.29) is 24.1 Å². The summed E-state index contributed by atoms with van der Waals surface area (Å²) in [4.78, 5) is 42.0. The average molecular weight is 599 g/mol. The molecule has 0 fully saturated rings. The molecule has 41 heavy (non-hydrogen) atoms. The first-order chi connectivity index (χ1) is 19.6. The average Bonchev–Trinajstić information content (AvgIpc) is 3.55. The molecule has 1 N–H and O–H groups in total. The van der Waals surface area contributed by atoms with Crippen LogP contribution in [0.25, 0.3) is 11.3 Å². The van der Waals surface area contributed by atoms with Gasteiger partial charge < -0.3 is 5.32 Å². The smallest absolute Gasteiger partial charge is 0.346 e. The van der Waals surface area contributed by atoms with Gasteiger partial charge in [-0.1, -0.05) is 41.9 Å². The number of amides is 3. The first-order valence-corrected chi connectivity index (χ1v) is 14.1. The Kier molecular flexibility index (Phi) is 6.95. The zero-order valence-electron chi connectivity index (χ0n) is 21.4. The molecule has 7 nitrogen and oxygen atoms in total. The molecule has 210 valence electrons. The van der Waals surface area contributed by atoms with Crippen molar-refractivity contribution < 1.29 is 27.6 Å². The molecule has 1 atom stereocenters. The van der Waals surface area contributed by atoms with Crippen molar-refractivity contribution in [2.45, 2.75) is 38.0 Å². The van der Waals surface area contributed by atoms with E-state index < -0.39 is 35.5 Å². The van der Waals surface area contributed by atoms with Gasteiger partial charge in [-0.15, -0.1) is 11.3 Å². The standard InChI is InChI=1S/C29H22ClF3N4O3S/c30-22-14-34-37-10-4-9-23-21(25(22)37)13-24(41-23)26(38)35-18(12-16-5-3-6-17(11-16)29(31,32)33)15-36-27(39)19-7-1-2-8-20(19)28(36)40/h1-3,5-8,11,13-14,18H,4,9-10,12,15H2,(H,35,38)/t18-/m0/s1. The fraction of sp³-hybridized carbons (Fsp3) is 0.241. The Morgan fingerprint density at radius 1 is 1.05 bits per heavy atom. The number of carbonyl (C=O) groups excluding carboxylic acids is 3. The summed E-state index contributed by atoms with van der Waals surface area (Å²) in [6.07, 6.45) is -1.46. The Morgan fingerprint density at radius 3 is 2.49 bits per heavy atom. The van der Waals surface area contributed by atoms with E-state index in [9.17, 15) is 27.6 Å². The molecule has 12 heteroatoms. The summed E-state index contributed by atoms with van der Waals surface area (Å²) in [6, 6.07) is 12.1. The van der Waals surface area contributed by atoms with Crippen LogP contribution in [0.15, 0.2) is 60.8 Å². The second-order valence-electron chi connectivity index (χ2n) is 9.95. The number of carbonyl (C=O) groups is 3. The van der Waals surface area contributed by atoms with Gasteiger partial charge in [0, 0.05) is 23.5 Å². The van der Waals surface area contributed by atoms with Crippen LogP contribution >= 0.6 is 22.9 Å². The van der Waals surface area contributed by atoms with Crippen molar-refractivity contribution in [2.24, 2.45) is 0 Å². The normalized spacial score (nSPS) is 15.3. The largest absolute Gasteiger partial charge is 0.416 e. The summed E-state index contributed by atoms with van der Waals surface area (Å²) >= 11 is 7.71. The van der Waals surface area contributed by atoms with Crippen LogP contribution in [-0.2, 0) is 25.6 Å². The summed E-state index contributed by atoms with van der Waals surface area (Å²) in [7, 11) is 0. The highest BCUT2D eigenvalue weighted by molar-refractivity contribution is 7.14. The van der Waals surface area contributed by atoms with Crippen molar-refractivity contribution in [2.75, 3.05) is 6.54 Å². The van der Waals surface area contributed by atoms with Crippen molar-refractivity contribution in [1.82, 2.24) is 20.0 Å². The molecule has 0 saturated heterocycles. The summed E-state index contributed by atoms with van der Waals surface area (Å²) in [5.41, 5.74) is 1.53. The third-order valence-corrected chi connectivity index (χ3v) is 8.68. The molecule has 0 saturated carbocycles. The van der Waals surface area contributed by atoms with Crippen LogP contribution in [0.2, 0.25) is 5.02 Å². The molecule has 0 unspecified atom stereocenters. The molecular weight excluding hydrogens is 577 g/mol. The van der Waals surface area contributed by atoms with Gasteiger partial charge in [0.25, 0.3) is 17.7 Å². The lowest BCUT2D eigenvalue weighted by Gasteiger charge is -2.24. The molecule has 0 bridgehead atoms. The number of alkyl halides is 3. The summed E-state index contributed by atoms with van der Waals surface area (Å²) in [5, 5.41) is 7.68. The Hall–Kier alpha value is -3.96. The zero-order chi connectivity index (χ0) is 28.9. The van der Waals surface area contributed by atoms with Crippen molar-refractivity contribution in [3.05, 3.63) is 97.8 Å². The SMILES string of the molecule is O=C(N[C@@H](Cc1cccc(C(F)(F)F)c1)CN1C(=O)c2ccccc2C1=O)c1cc2c(s1)CCCn1ncc(Cl)c1-2. The monoisotopic (exact) mass is 598 g/mol. The highest BCUT2D eigenvalue weighted by Crippen LogP contribution is 2.39. The fourth-order valence-electron chi connectivity index (χ4n) is 5.32. The lowest BCUT2D eigenvalue weighted by molar-refractivity contribution is -0.137. The maximum Gasteiger partial charge on any atom is 0.416 e. The molecule has 2 aromatic carbocycles. The van der Waals surface area contributed by atoms with E-state index >= 15 is 0 Å². The first kappa shape index (κ1) is 27.2. The van der Waals surface area contributed by atoms with Gasteiger partial charge in [0.05, 0.1) is 44.5 Å². The minimum Gasteiger partial charge on any atom is -0.346 e. The number of fused-ring (bicyclic) bond motifs is 4. The van der Waals surface area contributed by atoms with Crippen LogP contribution in [0.3, 0.4) is 0 Å². The van der Waals surface area contributed by atoms with Crippen LogP contribution in [0.5, 0.6) is 0 Å². The van der Waals surface area contributed by atoms with E-state index in [1.807, 2.05) is 0 Å². The van der Waals surface area contributed by atoms with E-state index in [0.717, 1.165) is 46.0 Å². The van der Waals surface area contributed by atoms with Crippen molar-refractivity contribution in [3.63, 3.8) is 0 Å². The number of rotatable bonds is 6. The van der Waals surface area contributed by atoms with Crippen LogP contribution in [0.4, 0.5) is 13.2 Å². The Bertz CT molecular complexity index is 1660. The minimum absolute atomic E-state index is 0.0350. The van der Waals surface area contributed by atoms with Crippen LogP contribution in [0, 0.1) is 0 Å². The maximum atomic E-state index is 13.5. The Morgan fingerprint density at radius 2 is 1.78 bits per heavy atom. The highest BCUT2D eigenvalue weighted by atomic mass is 35.5. The molecule has 2 aliphatic rings. The molecule has 2 aliphatic heterocycles. The van der Waals surface area contributed by atoms with Crippen LogP contribution in [-0.4, -0.2) is 45.0 Å². The molecule has 0 radical (unpaired) electrons. The second-order valence-corrected chi connectivity index (χ2v) is 11.5. The molecule has 3 amide bonds. The summed E-state index contributed by atoms with van der Waals surface area (Å²) < 4.78 is 42.0. The van der Waals surface area contributed by atoms with Gasteiger partial charge in [-0.05, 0) is 49.1 Å². The number of benzene rings is 2. The predicted molar refractivity (Wildman–Crippen MR) is 147 cm³/mol. The van der Waals surface area contributed by atoms with Gasteiger partial charge >= 0.3 is 6.18 Å². The molecule has 4 aromatic rings. The first-order valence-electron chi connectivity index (χ1n) is 12.9. The predicted octanol–water partition coefficient (Wildman–Crippen LogP) is 5.87. The summed E-state index contributed by atoms with van der Waals surface area (Å²) in [5.74, 6) is -1.49. The van der Waals surface area contributed by atoms with Crippen molar-refractivity contribution in [3.8, 4) is 11.3 Å². The van der Waals surface area contributed by atoms with Gasteiger partial charge in [-0.25, -0.2) is 0 Å². The molecule has 0 spiro atoms. The number of nitrogens with zero attached hydrogens (tertiary/aromatic N) is 3. The van der Waals surface area contributed by atoms with Gasteiger partial charge in [-0.2, -0.15) is 18.3 Å². The van der Waals surface area contributed by atoms with Crippen LogP contribution < -0.4 is 5.32 Å². The lowest BCUT2D eigenvalue weighted by Crippen LogP contribution is -2.46. The fourth-order valence-corrected chi connectivity index (χ4v) is 6.67. The topological polar surface area (TPSA) is 84.3 Å². The number of imide groups is 1. The molecular formula is C29H22ClF3N4O3S. The molecule has 0 aliphatic carbocycles. The number of nitrogens with one attached hydrogen (secondary N) is 1. The van der Waals surface area contributed by atoms with E-state index in [4.69, 9.17) is 11.6 Å². The number of hydrogen-bond acceptors (Lipinski definition) is 5. The number of thiophene rings is 1. The van der Waals surface area contributed by atoms with E-state index in [1.54, 1.807) is 41.2 Å². The van der Waals surface area contributed by atoms with E-state index in [0.29, 0.717) is 22.0 Å². The quantitative estimate of drug-likeness (QED) is 0.282. The second kappa shape index (κ2) is 10.5.